The molecule has 14 heteroatoms. The zero-order chi connectivity index (χ0) is 32.9. The summed E-state index contributed by atoms with van der Waals surface area (Å²) in [5.41, 5.74) is 0.661. The van der Waals surface area contributed by atoms with Gasteiger partial charge in [0.15, 0.2) is 5.75 Å². The van der Waals surface area contributed by atoms with E-state index in [1.165, 1.54) is 10.6 Å². The molecule has 5 rings (SSSR count). The average Bonchev–Trinajstić information content (AvgIpc) is 3.02. The van der Waals surface area contributed by atoms with Crippen LogP contribution in [-0.2, 0) is 4.79 Å². The van der Waals surface area contributed by atoms with E-state index in [2.05, 4.69) is 17.6 Å². The number of amides is 1. The van der Waals surface area contributed by atoms with Crippen molar-refractivity contribution in [2.24, 2.45) is 16.8 Å². The molecule has 4 heterocycles. The molecule has 1 amide bonds. The quantitative estimate of drug-likeness (QED) is 0.166. The lowest BCUT2D eigenvalue weighted by molar-refractivity contribution is -0.126. The van der Waals surface area contributed by atoms with Gasteiger partial charge in [0.25, 0.3) is 5.56 Å². The van der Waals surface area contributed by atoms with Crippen LogP contribution in [0.5, 0.6) is 5.75 Å². The molecular weight excluding hydrogens is 682 g/mol. The van der Waals surface area contributed by atoms with Crippen LogP contribution >= 0.6 is 58.0 Å². The van der Waals surface area contributed by atoms with E-state index in [4.69, 9.17) is 63.0 Å². The van der Waals surface area contributed by atoms with Gasteiger partial charge in [-0.3, -0.25) is 19.1 Å². The largest absolute Gasteiger partial charge is 0.505 e. The molecule has 1 fully saturated rings. The molecule has 2 aliphatic heterocycles. The number of phenols is 1. The fraction of sp³-hybridized carbons (Fsp3) is 0.323. The van der Waals surface area contributed by atoms with Crippen LogP contribution < -0.4 is 10.5 Å². The lowest BCUT2D eigenvalue weighted by Crippen LogP contribution is -2.49. The van der Waals surface area contributed by atoms with Crippen molar-refractivity contribution in [2.75, 3.05) is 31.1 Å². The maximum Gasteiger partial charge on any atom is 0.272 e. The summed E-state index contributed by atoms with van der Waals surface area (Å²) in [6.07, 6.45) is 4.84. The van der Waals surface area contributed by atoms with E-state index in [0.29, 0.717) is 37.3 Å². The van der Waals surface area contributed by atoms with Crippen molar-refractivity contribution >= 4 is 86.3 Å². The number of piperazine rings is 1. The third-order valence-electron chi connectivity index (χ3n) is 8.06. The highest BCUT2D eigenvalue weighted by Crippen LogP contribution is 2.51. The first kappa shape index (κ1) is 33.1. The van der Waals surface area contributed by atoms with Gasteiger partial charge in [0.1, 0.15) is 22.3 Å². The van der Waals surface area contributed by atoms with Gasteiger partial charge in [0, 0.05) is 55.0 Å². The lowest BCUT2D eigenvalue weighted by atomic mass is 9.88. The number of hydrogen-bond donors (Lipinski definition) is 1. The maximum absolute atomic E-state index is 14.5. The molecule has 2 aromatic heterocycles. The number of allylic oxidation sites excluding steroid dienone is 1. The summed E-state index contributed by atoms with van der Waals surface area (Å²) in [5.74, 6) is -0.962. The van der Waals surface area contributed by atoms with Crippen LogP contribution in [0.4, 0.5) is 5.69 Å². The van der Waals surface area contributed by atoms with Gasteiger partial charge in [-0.2, -0.15) is 5.26 Å². The fourth-order valence-corrected chi connectivity index (χ4v) is 7.16. The van der Waals surface area contributed by atoms with Gasteiger partial charge in [-0.25, -0.2) is 4.98 Å². The van der Waals surface area contributed by atoms with E-state index in [-0.39, 0.29) is 65.3 Å². The number of nitrogens with zero attached hydrogens (tertiary/aromatic N) is 6. The zero-order valence-electron chi connectivity index (χ0n) is 24.4. The molecule has 1 N–H and O–H groups in total. The highest BCUT2D eigenvalue weighted by atomic mass is 35.5. The number of fused-ring (bicyclic) bond motifs is 1. The Morgan fingerprint density at radius 3 is 2.38 bits per heavy atom. The monoisotopic (exact) mass is 706 g/mol. The van der Waals surface area contributed by atoms with E-state index >= 15 is 0 Å². The van der Waals surface area contributed by atoms with Crippen LogP contribution in [0.15, 0.2) is 40.8 Å². The fourth-order valence-electron chi connectivity index (χ4n) is 5.83. The molecule has 1 unspecified atom stereocenters. The first-order chi connectivity index (χ1) is 21.3. The number of benzene rings is 1. The summed E-state index contributed by atoms with van der Waals surface area (Å²) in [6, 6.07) is 3.13. The molecule has 2 atom stereocenters. The first-order valence-electron chi connectivity index (χ1n) is 14.0. The van der Waals surface area contributed by atoms with Crippen molar-refractivity contribution in [2.45, 2.75) is 26.8 Å². The van der Waals surface area contributed by atoms with Crippen LogP contribution in [0.2, 0.25) is 25.1 Å². The van der Waals surface area contributed by atoms with Gasteiger partial charge >= 0.3 is 0 Å². The Kier molecular flexibility index (Phi) is 9.46. The van der Waals surface area contributed by atoms with Gasteiger partial charge in [-0.1, -0.05) is 91.4 Å². The molecule has 234 valence electrons. The van der Waals surface area contributed by atoms with Gasteiger partial charge < -0.3 is 14.9 Å². The van der Waals surface area contributed by atoms with E-state index < -0.39 is 17.4 Å². The molecular formula is C31H27Cl5N6O3. The van der Waals surface area contributed by atoms with Crippen LogP contribution in [0.1, 0.15) is 32.4 Å². The number of nitriles is 1. The Balaban J connectivity index is 1.88. The number of carbonyl (C=O) groups is 1. The van der Waals surface area contributed by atoms with Crippen molar-refractivity contribution < 1.29 is 9.90 Å². The van der Waals surface area contributed by atoms with Crippen molar-refractivity contribution in [3.63, 3.8) is 0 Å². The number of aromatic hydroxyl groups is 1. The molecule has 9 nitrogen and oxygen atoms in total. The predicted octanol–water partition coefficient (Wildman–Crippen LogP) is 7.54. The highest BCUT2D eigenvalue weighted by molar-refractivity contribution is 6.52. The third kappa shape index (κ3) is 5.57. The van der Waals surface area contributed by atoms with Gasteiger partial charge in [-0.05, 0) is 18.1 Å². The summed E-state index contributed by atoms with van der Waals surface area (Å²) in [5, 5.41) is 20.8. The number of halogens is 5. The van der Waals surface area contributed by atoms with Gasteiger partial charge in [0.05, 0.1) is 37.5 Å². The van der Waals surface area contributed by atoms with E-state index in [9.17, 15) is 20.0 Å². The van der Waals surface area contributed by atoms with Crippen LogP contribution in [-0.4, -0.2) is 57.4 Å². The minimum absolute atomic E-state index is 0.0212. The first-order valence-corrected chi connectivity index (χ1v) is 15.9. The van der Waals surface area contributed by atoms with E-state index in [1.807, 2.05) is 31.7 Å². The number of phenolic OH excluding ortho intramolecular Hbond substituents is 1. The minimum atomic E-state index is -0.595. The summed E-state index contributed by atoms with van der Waals surface area (Å²) in [7, 11) is 0. The normalized spacial score (nSPS) is 18.4. The van der Waals surface area contributed by atoms with Gasteiger partial charge in [-0.15, -0.1) is 0 Å². The maximum atomic E-state index is 14.5. The van der Waals surface area contributed by atoms with Gasteiger partial charge in [0.2, 0.25) is 5.91 Å². The number of aliphatic imine (C=N–C) groups is 1. The Morgan fingerprint density at radius 1 is 1.11 bits per heavy atom. The van der Waals surface area contributed by atoms with Crippen molar-refractivity contribution in [3.8, 4) is 23.1 Å². The molecule has 1 saturated heterocycles. The molecule has 45 heavy (non-hydrogen) atoms. The van der Waals surface area contributed by atoms with Crippen molar-refractivity contribution in [3.05, 3.63) is 72.0 Å². The van der Waals surface area contributed by atoms with Crippen molar-refractivity contribution in [1.82, 2.24) is 14.5 Å². The molecule has 0 spiro atoms. The Hall–Kier alpha value is -3.26. The SMILES string of the molecule is C=CC(=O)N1CCN(c2c(C#N)c(=O)n(C3C(C(C)C)=NC=C[C@H]3C)c3nc(-c4c(Cl)c(O)c(Cl)c(Cl)c4Cl)c(Cl)cc23)CC1. The van der Waals surface area contributed by atoms with Crippen LogP contribution in [0.25, 0.3) is 22.3 Å². The molecule has 2 aliphatic rings. The Labute approximate surface area is 284 Å². The molecule has 1 aromatic carbocycles. The van der Waals surface area contributed by atoms with E-state index in [0.717, 1.165) is 5.71 Å². The average molecular weight is 709 g/mol. The Morgan fingerprint density at radius 2 is 1.78 bits per heavy atom. The minimum Gasteiger partial charge on any atom is -0.505 e. The second-order valence-electron chi connectivity index (χ2n) is 11.1. The molecule has 0 aliphatic carbocycles. The van der Waals surface area contributed by atoms with Crippen LogP contribution in [0.3, 0.4) is 0 Å². The van der Waals surface area contributed by atoms with E-state index in [1.54, 1.807) is 17.2 Å². The predicted molar refractivity (Wildman–Crippen MR) is 181 cm³/mol. The number of aromatic nitrogens is 2. The summed E-state index contributed by atoms with van der Waals surface area (Å²) < 4.78 is 1.47. The molecule has 0 saturated carbocycles. The number of carbonyl (C=O) groups excluding carboxylic acids is 1. The summed E-state index contributed by atoms with van der Waals surface area (Å²) >= 11 is 32.5. The smallest absolute Gasteiger partial charge is 0.272 e. The number of anilines is 1. The number of hydrogen-bond acceptors (Lipinski definition) is 7. The molecule has 0 bridgehead atoms. The molecule has 3 aromatic rings. The Bertz CT molecular complexity index is 1890. The molecule has 0 radical (unpaired) electrons. The van der Waals surface area contributed by atoms with Crippen molar-refractivity contribution in [1.29, 1.82) is 5.26 Å². The second-order valence-corrected chi connectivity index (χ2v) is 13.0. The number of rotatable bonds is 5. The topological polar surface area (TPSA) is 115 Å². The highest BCUT2D eigenvalue weighted by Gasteiger charge is 2.35. The second kappa shape index (κ2) is 12.9. The summed E-state index contributed by atoms with van der Waals surface area (Å²) in [4.78, 5) is 39.8. The van der Waals surface area contributed by atoms with Crippen LogP contribution in [0, 0.1) is 23.2 Å². The third-order valence-corrected chi connectivity index (χ3v) is 10.0. The zero-order valence-corrected chi connectivity index (χ0v) is 28.2. The lowest BCUT2D eigenvalue weighted by Gasteiger charge is -2.37. The standard InChI is InChI=1S/C31H27Cl5N6O3/c1-5-19(43)40-8-10-41(11-9-40)28-16-12-18(32)26(20-21(33)23(35)24(36)29(44)22(20)34)39-30(16)42(31(45)17(28)13-37)27-15(4)6-7-38-25(27)14(2)3/h5-7,12,14-15,27,44H,1,8-11H2,2-4H3/t15-,27?/m1/s1. The number of pyridine rings is 2. The summed E-state index contributed by atoms with van der Waals surface area (Å²) in [6.45, 7) is 10.8.